The summed E-state index contributed by atoms with van der Waals surface area (Å²) >= 11 is 0. The fourth-order valence-electron chi connectivity index (χ4n) is 1.23. The Hall–Kier alpha value is -0.120. The Balaban J connectivity index is 2.85. The average molecular weight is 202 g/mol. The van der Waals surface area contributed by atoms with Crippen LogP contribution in [0.15, 0.2) is 0 Å². The molecule has 0 atom stereocenters. The molecule has 0 spiro atoms. The Morgan fingerprint density at radius 1 is 0.929 bits per heavy atom. The fourth-order valence-corrected chi connectivity index (χ4v) is 1.23. The van der Waals surface area contributed by atoms with Crippen LogP contribution in [0, 0.1) is 5.92 Å². The van der Waals surface area contributed by atoms with Gasteiger partial charge in [0.15, 0.2) is 0 Å². The van der Waals surface area contributed by atoms with Gasteiger partial charge in [0.05, 0.1) is 0 Å². The minimum atomic E-state index is 0.329. The molecule has 0 amide bonds. The molecule has 86 valence electrons. The SMILES string of the molecule is CC(C)CNCCNCCCCCO. The summed E-state index contributed by atoms with van der Waals surface area (Å²) in [6, 6.07) is 0. The summed E-state index contributed by atoms with van der Waals surface area (Å²) in [4.78, 5) is 0. The van der Waals surface area contributed by atoms with Gasteiger partial charge in [-0.3, -0.25) is 0 Å². The van der Waals surface area contributed by atoms with E-state index < -0.39 is 0 Å². The van der Waals surface area contributed by atoms with E-state index in [1.807, 2.05) is 0 Å². The lowest BCUT2D eigenvalue weighted by Crippen LogP contribution is -2.30. The Bertz CT molecular complexity index is 107. The van der Waals surface area contributed by atoms with Crippen molar-refractivity contribution in [1.82, 2.24) is 10.6 Å². The van der Waals surface area contributed by atoms with E-state index in [4.69, 9.17) is 5.11 Å². The van der Waals surface area contributed by atoms with Gasteiger partial charge < -0.3 is 15.7 Å². The van der Waals surface area contributed by atoms with Gasteiger partial charge in [-0.1, -0.05) is 13.8 Å². The van der Waals surface area contributed by atoms with Gasteiger partial charge in [0.25, 0.3) is 0 Å². The Labute approximate surface area is 88.3 Å². The number of unbranched alkanes of at least 4 members (excludes halogenated alkanes) is 2. The molecular weight excluding hydrogens is 176 g/mol. The van der Waals surface area contributed by atoms with Crippen molar-refractivity contribution in [3.05, 3.63) is 0 Å². The third kappa shape index (κ3) is 11.9. The Morgan fingerprint density at radius 3 is 2.29 bits per heavy atom. The molecule has 0 saturated carbocycles. The monoisotopic (exact) mass is 202 g/mol. The van der Waals surface area contributed by atoms with E-state index in [1.165, 1.54) is 6.42 Å². The number of aliphatic hydroxyl groups is 1. The van der Waals surface area contributed by atoms with Gasteiger partial charge in [-0.25, -0.2) is 0 Å². The van der Waals surface area contributed by atoms with Gasteiger partial charge in [0, 0.05) is 19.7 Å². The van der Waals surface area contributed by atoms with E-state index in [0.29, 0.717) is 6.61 Å². The molecule has 0 unspecified atom stereocenters. The van der Waals surface area contributed by atoms with Crippen LogP contribution in [-0.2, 0) is 0 Å². The number of aliphatic hydroxyl groups excluding tert-OH is 1. The van der Waals surface area contributed by atoms with Crippen LogP contribution >= 0.6 is 0 Å². The molecule has 3 nitrogen and oxygen atoms in total. The summed E-state index contributed by atoms with van der Waals surface area (Å²) in [5.74, 6) is 0.736. The van der Waals surface area contributed by atoms with E-state index >= 15 is 0 Å². The lowest BCUT2D eigenvalue weighted by molar-refractivity contribution is 0.283. The molecule has 0 radical (unpaired) electrons. The third-order valence-corrected chi connectivity index (χ3v) is 2.04. The zero-order chi connectivity index (χ0) is 10.6. The lowest BCUT2D eigenvalue weighted by Gasteiger charge is -2.08. The molecule has 0 aliphatic rings. The van der Waals surface area contributed by atoms with Crippen LogP contribution in [0.2, 0.25) is 0 Å². The Kier molecular flexibility index (Phi) is 10.9. The largest absolute Gasteiger partial charge is 0.396 e. The number of hydrogen-bond acceptors (Lipinski definition) is 3. The quantitative estimate of drug-likeness (QED) is 0.463. The molecule has 0 fully saturated rings. The normalized spacial score (nSPS) is 11.1. The van der Waals surface area contributed by atoms with Crippen molar-refractivity contribution in [1.29, 1.82) is 0 Å². The van der Waals surface area contributed by atoms with Crippen LogP contribution in [0.3, 0.4) is 0 Å². The van der Waals surface area contributed by atoms with Crippen molar-refractivity contribution in [2.45, 2.75) is 33.1 Å². The second-order valence-corrected chi connectivity index (χ2v) is 4.13. The van der Waals surface area contributed by atoms with Gasteiger partial charge in [-0.2, -0.15) is 0 Å². The average Bonchev–Trinajstić information content (AvgIpc) is 2.15. The molecule has 0 heterocycles. The minimum absolute atomic E-state index is 0.329. The van der Waals surface area contributed by atoms with Crippen molar-refractivity contribution < 1.29 is 5.11 Å². The molecule has 0 saturated heterocycles. The van der Waals surface area contributed by atoms with Crippen LogP contribution in [0.1, 0.15) is 33.1 Å². The van der Waals surface area contributed by atoms with E-state index in [0.717, 1.165) is 44.9 Å². The van der Waals surface area contributed by atoms with Gasteiger partial charge in [-0.05, 0) is 38.3 Å². The maximum Gasteiger partial charge on any atom is 0.0431 e. The molecule has 0 aromatic heterocycles. The molecule has 0 rings (SSSR count). The number of rotatable bonds is 10. The standard InChI is InChI=1S/C11H26N2O/c1-11(2)10-13-8-7-12-6-4-3-5-9-14/h11-14H,3-10H2,1-2H3. The summed E-state index contributed by atoms with van der Waals surface area (Å²) in [7, 11) is 0. The molecule has 0 aromatic carbocycles. The van der Waals surface area contributed by atoms with Crippen molar-refractivity contribution >= 4 is 0 Å². The highest BCUT2D eigenvalue weighted by atomic mass is 16.2. The maximum atomic E-state index is 8.56. The summed E-state index contributed by atoms with van der Waals surface area (Å²) in [6.45, 7) is 9.04. The Morgan fingerprint density at radius 2 is 1.64 bits per heavy atom. The second kappa shape index (κ2) is 11.0. The highest BCUT2D eigenvalue weighted by Crippen LogP contribution is 1.91. The fraction of sp³-hybridized carbons (Fsp3) is 1.00. The van der Waals surface area contributed by atoms with Crippen LogP contribution < -0.4 is 10.6 Å². The molecular formula is C11H26N2O. The predicted molar refractivity (Wildman–Crippen MR) is 61.5 cm³/mol. The van der Waals surface area contributed by atoms with Crippen molar-refractivity contribution in [3.63, 3.8) is 0 Å². The van der Waals surface area contributed by atoms with Gasteiger partial charge in [0.2, 0.25) is 0 Å². The summed E-state index contributed by atoms with van der Waals surface area (Å²) < 4.78 is 0. The van der Waals surface area contributed by atoms with Crippen LogP contribution in [-0.4, -0.2) is 37.9 Å². The molecule has 0 aliphatic carbocycles. The van der Waals surface area contributed by atoms with Crippen LogP contribution in [0.25, 0.3) is 0 Å². The van der Waals surface area contributed by atoms with Crippen LogP contribution in [0.5, 0.6) is 0 Å². The first-order valence-corrected chi connectivity index (χ1v) is 5.79. The zero-order valence-electron chi connectivity index (χ0n) is 9.68. The van der Waals surface area contributed by atoms with Gasteiger partial charge in [-0.15, -0.1) is 0 Å². The molecule has 3 heteroatoms. The first kappa shape index (κ1) is 13.9. The van der Waals surface area contributed by atoms with Gasteiger partial charge in [0.1, 0.15) is 0 Å². The molecule has 0 aliphatic heterocycles. The lowest BCUT2D eigenvalue weighted by atomic mass is 10.2. The van der Waals surface area contributed by atoms with Crippen molar-refractivity contribution in [2.75, 3.05) is 32.8 Å². The smallest absolute Gasteiger partial charge is 0.0431 e. The molecule has 0 aromatic rings. The maximum absolute atomic E-state index is 8.56. The van der Waals surface area contributed by atoms with Crippen LogP contribution in [0.4, 0.5) is 0 Å². The molecule has 14 heavy (non-hydrogen) atoms. The van der Waals surface area contributed by atoms with Gasteiger partial charge >= 0.3 is 0 Å². The van der Waals surface area contributed by atoms with E-state index in [9.17, 15) is 0 Å². The third-order valence-electron chi connectivity index (χ3n) is 2.04. The topological polar surface area (TPSA) is 44.3 Å². The molecule has 3 N–H and O–H groups in total. The van der Waals surface area contributed by atoms with E-state index in [-0.39, 0.29) is 0 Å². The minimum Gasteiger partial charge on any atom is -0.396 e. The first-order valence-electron chi connectivity index (χ1n) is 5.79. The summed E-state index contributed by atoms with van der Waals surface area (Å²) in [6.07, 6.45) is 3.24. The number of nitrogens with one attached hydrogen (secondary N) is 2. The molecule has 0 bridgehead atoms. The summed E-state index contributed by atoms with van der Waals surface area (Å²) in [5, 5.41) is 15.3. The predicted octanol–water partition coefficient (Wildman–Crippen LogP) is 0.984. The highest BCUT2D eigenvalue weighted by Gasteiger charge is 1.92. The highest BCUT2D eigenvalue weighted by molar-refractivity contribution is 4.54. The van der Waals surface area contributed by atoms with E-state index in [2.05, 4.69) is 24.5 Å². The summed E-state index contributed by atoms with van der Waals surface area (Å²) in [5.41, 5.74) is 0. The first-order chi connectivity index (χ1) is 6.77. The van der Waals surface area contributed by atoms with Crippen molar-refractivity contribution in [2.24, 2.45) is 5.92 Å². The van der Waals surface area contributed by atoms with E-state index in [1.54, 1.807) is 0 Å². The number of hydrogen-bond donors (Lipinski definition) is 3. The van der Waals surface area contributed by atoms with Crippen molar-refractivity contribution in [3.8, 4) is 0 Å². The second-order valence-electron chi connectivity index (χ2n) is 4.13. The zero-order valence-corrected chi connectivity index (χ0v) is 9.68.